The number of rotatable bonds is 7. The molecule has 1 atom stereocenters. The minimum absolute atomic E-state index is 0.0396. The minimum Gasteiger partial charge on any atom is -0.494 e. The van der Waals surface area contributed by atoms with E-state index in [0.717, 1.165) is 45.0 Å². The maximum absolute atomic E-state index is 12.4. The van der Waals surface area contributed by atoms with Gasteiger partial charge in [-0.15, -0.1) is 0 Å². The molecule has 5 nitrogen and oxygen atoms in total. The van der Waals surface area contributed by atoms with Crippen molar-refractivity contribution in [1.29, 1.82) is 0 Å². The third kappa shape index (κ3) is 4.65. The first kappa shape index (κ1) is 19.6. The number of fused-ring (bicyclic) bond motifs is 2. The molecule has 2 aromatic carbocycles. The molecule has 4 rings (SSSR count). The normalized spacial score (nSPS) is 15.0. The Morgan fingerprint density at radius 3 is 3.00 bits per heavy atom. The van der Waals surface area contributed by atoms with Gasteiger partial charge in [-0.2, -0.15) is 0 Å². The van der Waals surface area contributed by atoms with Crippen molar-refractivity contribution in [2.75, 3.05) is 12.4 Å². The third-order valence-corrected chi connectivity index (χ3v) is 5.71. The van der Waals surface area contributed by atoms with Crippen molar-refractivity contribution in [1.82, 2.24) is 10.3 Å². The van der Waals surface area contributed by atoms with Crippen LogP contribution in [-0.2, 0) is 17.8 Å². The number of aromatic nitrogens is 1. The molecule has 0 bridgehead atoms. The van der Waals surface area contributed by atoms with Gasteiger partial charge in [-0.25, -0.2) is 4.98 Å². The number of nitrogens with one attached hydrogen (secondary N) is 1. The first-order valence-corrected chi connectivity index (χ1v) is 10.8. The number of hydrogen-bond donors (Lipinski definition) is 1. The number of nitrogens with zero attached hydrogens (tertiary/aromatic N) is 1. The van der Waals surface area contributed by atoms with Gasteiger partial charge < -0.3 is 14.8 Å². The Morgan fingerprint density at radius 1 is 1.28 bits per heavy atom. The molecule has 0 aliphatic carbocycles. The molecule has 1 aliphatic rings. The summed E-state index contributed by atoms with van der Waals surface area (Å²) in [7, 11) is 0. The molecule has 0 fully saturated rings. The fourth-order valence-corrected chi connectivity index (χ4v) is 4.13. The molecule has 0 saturated heterocycles. The van der Waals surface area contributed by atoms with Gasteiger partial charge in [0.1, 0.15) is 17.6 Å². The lowest BCUT2D eigenvalue weighted by Crippen LogP contribution is -2.25. The number of thioether (sulfide) groups is 1. The maximum Gasteiger partial charge on any atom is 0.230 e. The number of carbonyl (C=O) groups excluding carboxylic acids is 1. The van der Waals surface area contributed by atoms with Crippen LogP contribution >= 0.6 is 11.8 Å². The zero-order valence-corrected chi connectivity index (χ0v) is 17.4. The molecule has 1 N–H and O–H groups in total. The Labute approximate surface area is 174 Å². The van der Waals surface area contributed by atoms with Crippen molar-refractivity contribution in [3.8, 4) is 11.5 Å². The van der Waals surface area contributed by atoms with E-state index >= 15 is 0 Å². The van der Waals surface area contributed by atoms with Gasteiger partial charge in [-0.3, -0.25) is 4.79 Å². The predicted octanol–water partition coefficient (Wildman–Crippen LogP) is 4.37. The van der Waals surface area contributed by atoms with Crippen molar-refractivity contribution < 1.29 is 14.3 Å². The van der Waals surface area contributed by atoms with Crippen LogP contribution < -0.4 is 14.8 Å². The van der Waals surface area contributed by atoms with E-state index in [0.29, 0.717) is 18.9 Å². The molecule has 2 heterocycles. The number of carbonyl (C=O) groups is 1. The van der Waals surface area contributed by atoms with Gasteiger partial charge in [0, 0.05) is 29.5 Å². The first-order valence-electron chi connectivity index (χ1n) is 9.83. The smallest absolute Gasteiger partial charge is 0.230 e. The van der Waals surface area contributed by atoms with Crippen LogP contribution in [0.1, 0.15) is 25.0 Å². The van der Waals surface area contributed by atoms with Crippen LogP contribution in [0.25, 0.3) is 10.9 Å². The summed E-state index contributed by atoms with van der Waals surface area (Å²) < 4.78 is 11.6. The summed E-state index contributed by atoms with van der Waals surface area (Å²) in [4.78, 5) is 17.0. The van der Waals surface area contributed by atoms with Gasteiger partial charge in [0.25, 0.3) is 0 Å². The highest BCUT2D eigenvalue weighted by Crippen LogP contribution is 2.35. The molecule has 1 aromatic heterocycles. The van der Waals surface area contributed by atoms with Gasteiger partial charge >= 0.3 is 0 Å². The van der Waals surface area contributed by atoms with Gasteiger partial charge in [0.15, 0.2) is 0 Å². The van der Waals surface area contributed by atoms with Crippen LogP contribution in [0.4, 0.5) is 0 Å². The van der Waals surface area contributed by atoms with Crippen molar-refractivity contribution in [3.63, 3.8) is 0 Å². The fourth-order valence-electron chi connectivity index (χ4n) is 3.42. The second-order valence-corrected chi connectivity index (χ2v) is 8.04. The van der Waals surface area contributed by atoms with E-state index in [1.807, 2.05) is 55.5 Å². The molecular weight excluding hydrogens is 384 g/mol. The molecular formula is C23H24N2O3S. The van der Waals surface area contributed by atoms with E-state index in [1.165, 1.54) is 11.8 Å². The van der Waals surface area contributed by atoms with Gasteiger partial charge in [-0.1, -0.05) is 36.0 Å². The van der Waals surface area contributed by atoms with Gasteiger partial charge in [-0.05, 0) is 38.1 Å². The Kier molecular flexibility index (Phi) is 5.90. The Hall–Kier alpha value is -2.73. The molecule has 0 spiro atoms. The third-order valence-electron chi connectivity index (χ3n) is 4.78. The van der Waals surface area contributed by atoms with E-state index in [2.05, 4.69) is 17.2 Å². The van der Waals surface area contributed by atoms with Crippen LogP contribution in [0.3, 0.4) is 0 Å². The van der Waals surface area contributed by atoms with Gasteiger partial charge in [0.2, 0.25) is 5.91 Å². The standard InChI is InChI=1S/C23H24N2O3S/c1-3-27-20-11-17-10-15(2)28-21(17)12-18(20)13-24-22(26)14-29-23-9-8-16-6-4-5-7-19(16)25-23/h4-9,11-12,15H,3,10,13-14H2,1-2H3,(H,24,26)/t15-/m1/s1. The first-order chi connectivity index (χ1) is 14.1. The van der Waals surface area contributed by atoms with Crippen molar-refractivity contribution >= 4 is 28.6 Å². The molecule has 0 saturated carbocycles. The van der Waals surface area contributed by atoms with Crippen molar-refractivity contribution in [2.45, 2.75) is 37.9 Å². The number of amides is 1. The number of benzene rings is 2. The average Bonchev–Trinajstić information content (AvgIpc) is 3.09. The molecule has 0 unspecified atom stereocenters. The highest BCUT2D eigenvalue weighted by molar-refractivity contribution is 7.99. The average molecular weight is 409 g/mol. The quantitative estimate of drug-likeness (QED) is 0.589. The zero-order valence-electron chi connectivity index (χ0n) is 16.6. The Bertz CT molecular complexity index is 1040. The summed E-state index contributed by atoms with van der Waals surface area (Å²) >= 11 is 1.43. The van der Waals surface area contributed by atoms with Crippen LogP contribution in [0.5, 0.6) is 11.5 Å². The van der Waals surface area contributed by atoms with Crippen LogP contribution in [0.2, 0.25) is 0 Å². The summed E-state index contributed by atoms with van der Waals surface area (Å²) in [5.41, 5.74) is 3.03. The second kappa shape index (κ2) is 8.74. The monoisotopic (exact) mass is 408 g/mol. The zero-order chi connectivity index (χ0) is 20.2. The van der Waals surface area contributed by atoms with Crippen LogP contribution in [-0.4, -0.2) is 29.4 Å². The summed E-state index contributed by atoms with van der Waals surface area (Å²) in [5.74, 6) is 1.98. The number of para-hydroxylation sites is 1. The fraction of sp³-hybridized carbons (Fsp3) is 0.304. The van der Waals surface area contributed by atoms with E-state index in [9.17, 15) is 4.79 Å². The molecule has 3 aromatic rings. The molecule has 6 heteroatoms. The maximum atomic E-state index is 12.4. The summed E-state index contributed by atoms with van der Waals surface area (Å²) in [6, 6.07) is 16.0. The SMILES string of the molecule is CCOc1cc2c(cc1CNC(=O)CSc1ccc3ccccc3n1)O[C@H](C)C2. The van der Waals surface area contributed by atoms with E-state index in [1.54, 1.807) is 0 Å². The topological polar surface area (TPSA) is 60.5 Å². The summed E-state index contributed by atoms with van der Waals surface area (Å²) in [6.45, 7) is 5.01. The molecule has 1 aliphatic heterocycles. The highest BCUT2D eigenvalue weighted by atomic mass is 32.2. The number of hydrogen-bond acceptors (Lipinski definition) is 5. The van der Waals surface area contributed by atoms with Gasteiger partial charge in [0.05, 0.1) is 22.9 Å². The predicted molar refractivity (Wildman–Crippen MR) is 116 cm³/mol. The lowest BCUT2D eigenvalue weighted by atomic mass is 10.1. The van der Waals surface area contributed by atoms with Crippen LogP contribution in [0.15, 0.2) is 53.6 Å². The molecule has 150 valence electrons. The second-order valence-electron chi connectivity index (χ2n) is 7.04. The van der Waals surface area contributed by atoms with E-state index < -0.39 is 0 Å². The summed E-state index contributed by atoms with van der Waals surface area (Å²) in [6.07, 6.45) is 1.06. The lowest BCUT2D eigenvalue weighted by Gasteiger charge is -2.13. The molecule has 0 radical (unpaired) electrons. The van der Waals surface area contributed by atoms with E-state index in [4.69, 9.17) is 9.47 Å². The van der Waals surface area contributed by atoms with Crippen LogP contribution in [0, 0.1) is 0 Å². The highest BCUT2D eigenvalue weighted by Gasteiger charge is 2.22. The Balaban J connectivity index is 1.37. The number of ether oxygens (including phenoxy) is 2. The van der Waals surface area contributed by atoms with Crippen molar-refractivity contribution in [2.24, 2.45) is 0 Å². The summed E-state index contributed by atoms with van der Waals surface area (Å²) in [5, 5.41) is 4.92. The number of pyridine rings is 1. The van der Waals surface area contributed by atoms with E-state index in [-0.39, 0.29) is 12.0 Å². The minimum atomic E-state index is -0.0396. The molecule has 1 amide bonds. The van der Waals surface area contributed by atoms with Crippen molar-refractivity contribution in [3.05, 3.63) is 59.7 Å². The molecule has 29 heavy (non-hydrogen) atoms. The largest absolute Gasteiger partial charge is 0.494 e. The Morgan fingerprint density at radius 2 is 2.14 bits per heavy atom. The lowest BCUT2D eigenvalue weighted by molar-refractivity contribution is -0.118.